The standard InChI is InChI=1S/C21H29N7O2/c29-20(26-10-4-5-11-26)16-25-9-6-12-27(14-13-25)21(30)19(28-17-22-23-24-28)15-18-7-2-1-3-8-18/h1-3,7-8,17,19H,4-6,9-16H2. The molecule has 1 aromatic carbocycles. The summed E-state index contributed by atoms with van der Waals surface area (Å²) in [4.78, 5) is 31.9. The van der Waals surface area contributed by atoms with Crippen LogP contribution in [0.2, 0.25) is 0 Å². The van der Waals surface area contributed by atoms with Gasteiger partial charge in [0.25, 0.3) is 0 Å². The molecule has 30 heavy (non-hydrogen) atoms. The summed E-state index contributed by atoms with van der Waals surface area (Å²) in [5.41, 5.74) is 1.07. The van der Waals surface area contributed by atoms with Gasteiger partial charge in [-0.05, 0) is 35.3 Å². The van der Waals surface area contributed by atoms with Crippen LogP contribution in [0.1, 0.15) is 30.9 Å². The van der Waals surface area contributed by atoms with Crippen LogP contribution in [0.4, 0.5) is 0 Å². The highest BCUT2D eigenvalue weighted by Crippen LogP contribution is 2.18. The number of benzene rings is 1. The number of carbonyl (C=O) groups is 2. The first-order valence-corrected chi connectivity index (χ1v) is 10.8. The Morgan fingerprint density at radius 3 is 2.40 bits per heavy atom. The molecule has 4 rings (SSSR count). The van der Waals surface area contributed by atoms with E-state index in [1.165, 1.54) is 6.33 Å². The van der Waals surface area contributed by atoms with Gasteiger partial charge in [-0.2, -0.15) is 0 Å². The fraction of sp³-hybridized carbons (Fsp3) is 0.571. The van der Waals surface area contributed by atoms with Crippen molar-refractivity contribution in [1.82, 2.24) is 34.9 Å². The molecule has 0 spiro atoms. The van der Waals surface area contributed by atoms with Crippen molar-refractivity contribution < 1.29 is 9.59 Å². The molecule has 1 atom stereocenters. The lowest BCUT2D eigenvalue weighted by Gasteiger charge is -2.26. The van der Waals surface area contributed by atoms with Crippen LogP contribution in [-0.2, 0) is 16.0 Å². The average Bonchev–Trinajstić information content (AvgIpc) is 3.45. The van der Waals surface area contributed by atoms with Crippen LogP contribution in [0, 0.1) is 0 Å². The van der Waals surface area contributed by atoms with E-state index in [0.717, 1.165) is 44.5 Å². The zero-order valence-corrected chi connectivity index (χ0v) is 17.3. The number of hydrogen-bond donors (Lipinski definition) is 0. The third-order valence-electron chi connectivity index (χ3n) is 5.96. The first kappa shape index (κ1) is 20.5. The third-order valence-corrected chi connectivity index (χ3v) is 5.96. The van der Waals surface area contributed by atoms with Crippen LogP contribution in [-0.4, -0.2) is 92.5 Å². The summed E-state index contributed by atoms with van der Waals surface area (Å²) in [6.07, 6.45) is 5.11. The molecule has 0 bridgehead atoms. The molecule has 0 N–H and O–H groups in total. The van der Waals surface area contributed by atoms with E-state index in [1.54, 1.807) is 4.68 Å². The fourth-order valence-corrected chi connectivity index (χ4v) is 4.26. The van der Waals surface area contributed by atoms with E-state index in [9.17, 15) is 9.59 Å². The third kappa shape index (κ3) is 5.02. The van der Waals surface area contributed by atoms with Crippen molar-refractivity contribution in [3.8, 4) is 0 Å². The van der Waals surface area contributed by atoms with Gasteiger partial charge in [-0.1, -0.05) is 30.3 Å². The average molecular weight is 412 g/mol. The van der Waals surface area contributed by atoms with Crippen molar-refractivity contribution in [2.45, 2.75) is 31.7 Å². The number of rotatable bonds is 6. The van der Waals surface area contributed by atoms with Crippen molar-refractivity contribution in [1.29, 1.82) is 0 Å². The Labute approximate surface area is 176 Å². The second-order valence-electron chi connectivity index (χ2n) is 8.04. The van der Waals surface area contributed by atoms with Gasteiger partial charge in [-0.15, -0.1) is 5.10 Å². The highest BCUT2D eigenvalue weighted by Gasteiger charge is 2.29. The Morgan fingerprint density at radius 2 is 1.67 bits per heavy atom. The molecule has 1 aromatic heterocycles. The van der Waals surface area contributed by atoms with E-state index in [2.05, 4.69) is 20.4 Å². The Balaban J connectivity index is 1.39. The number of aromatic nitrogens is 4. The van der Waals surface area contributed by atoms with Crippen LogP contribution in [0.25, 0.3) is 0 Å². The van der Waals surface area contributed by atoms with Gasteiger partial charge in [0, 0.05) is 45.7 Å². The van der Waals surface area contributed by atoms with Gasteiger partial charge in [0.15, 0.2) is 0 Å². The van der Waals surface area contributed by atoms with Crippen molar-refractivity contribution in [3.05, 3.63) is 42.2 Å². The topological polar surface area (TPSA) is 87.5 Å². The first-order chi connectivity index (χ1) is 14.7. The predicted octanol–water partition coefficient (Wildman–Crippen LogP) is 0.614. The van der Waals surface area contributed by atoms with Crippen molar-refractivity contribution in [3.63, 3.8) is 0 Å². The molecule has 2 aliphatic heterocycles. The minimum atomic E-state index is -0.472. The van der Waals surface area contributed by atoms with Gasteiger partial charge >= 0.3 is 0 Å². The van der Waals surface area contributed by atoms with Gasteiger partial charge in [0.05, 0.1) is 6.54 Å². The molecule has 9 nitrogen and oxygen atoms in total. The molecule has 3 heterocycles. The summed E-state index contributed by atoms with van der Waals surface area (Å²) in [6, 6.07) is 9.46. The quantitative estimate of drug-likeness (QED) is 0.692. The first-order valence-electron chi connectivity index (χ1n) is 10.8. The summed E-state index contributed by atoms with van der Waals surface area (Å²) in [5.74, 6) is 0.238. The summed E-state index contributed by atoms with van der Waals surface area (Å²) in [6.45, 7) is 5.04. The lowest BCUT2D eigenvalue weighted by molar-refractivity contribution is -0.135. The van der Waals surface area contributed by atoms with Crippen LogP contribution in [0.15, 0.2) is 36.7 Å². The highest BCUT2D eigenvalue weighted by atomic mass is 16.2. The van der Waals surface area contributed by atoms with E-state index in [0.29, 0.717) is 32.6 Å². The number of nitrogens with zero attached hydrogens (tertiary/aromatic N) is 7. The Morgan fingerprint density at radius 1 is 0.900 bits per heavy atom. The molecule has 0 saturated carbocycles. The second kappa shape index (κ2) is 9.80. The SMILES string of the molecule is O=C(CN1CCCN(C(=O)C(Cc2ccccc2)n2cnnn2)CC1)N1CCCC1. The molecule has 2 amide bonds. The van der Waals surface area contributed by atoms with E-state index in [4.69, 9.17) is 0 Å². The maximum Gasteiger partial charge on any atom is 0.247 e. The molecule has 1 unspecified atom stereocenters. The molecular weight excluding hydrogens is 382 g/mol. The lowest BCUT2D eigenvalue weighted by Crippen LogP contribution is -2.42. The normalized spacial score (nSPS) is 18.9. The highest BCUT2D eigenvalue weighted by molar-refractivity contribution is 5.81. The maximum absolute atomic E-state index is 13.4. The number of tetrazole rings is 1. The van der Waals surface area contributed by atoms with E-state index in [1.807, 2.05) is 40.1 Å². The second-order valence-corrected chi connectivity index (χ2v) is 8.04. The number of hydrogen-bond acceptors (Lipinski definition) is 6. The minimum Gasteiger partial charge on any atom is -0.342 e. The summed E-state index contributed by atoms with van der Waals surface area (Å²) >= 11 is 0. The lowest BCUT2D eigenvalue weighted by atomic mass is 10.0. The molecule has 0 aliphatic carbocycles. The van der Waals surface area contributed by atoms with Crippen molar-refractivity contribution in [2.75, 3.05) is 45.8 Å². The van der Waals surface area contributed by atoms with Gasteiger partial charge in [-0.25, -0.2) is 4.68 Å². The van der Waals surface area contributed by atoms with Crippen molar-refractivity contribution in [2.24, 2.45) is 0 Å². The number of likely N-dealkylation sites (tertiary alicyclic amines) is 1. The van der Waals surface area contributed by atoms with Crippen LogP contribution >= 0.6 is 0 Å². The largest absolute Gasteiger partial charge is 0.342 e. The Hall–Kier alpha value is -2.81. The van der Waals surface area contributed by atoms with E-state index < -0.39 is 6.04 Å². The predicted molar refractivity (Wildman–Crippen MR) is 110 cm³/mol. The molecule has 2 aliphatic rings. The van der Waals surface area contributed by atoms with E-state index >= 15 is 0 Å². The Bertz CT molecular complexity index is 821. The molecule has 160 valence electrons. The molecule has 9 heteroatoms. The Kier molecular flexibility index (Phi) is 6.68. The summed E-state index contributed by atoms with van der Waals surface area (Å²) in [5, 5.41) is 11.4. The summed E-state index contributed by atoms with van der Waals surface area (Å²) < 4.78 is 1.55. The fourth-order valence-electron chi connectivity index (χ4n) is 4.26. The monoisotopic (exact) mass is 411 g/mol. The van der Waals surface area contributed by atoms with Gasteiger partial charge < -0.3 is 9.80 Å². The maximum atomic E-state index is 13.4. The molecule has 2 aromatic rings. The van der Waals surface area contributed by atoms with Crippen LogP contribution < -0.4 is 0 Å². The van der Waals surface area contributed by atoms with Crippen LogP contribution in [0.5, 0.6) is 0 Å². The molecule has 2 fully saturated rings. The zero-order chi connectivity index (χ0) is 20.8. The molecule has 2 saturated heterocycles. The van der Waals surface area contributed by atoms with Gasteiger partial charge in [-0.3, -0.25) is 14.5 Å². The van der Waals surface area contributed by atoms with Crippen molar-refractivity contribution >= 4 is 11.8 Å². The zero-order valence-electron chi connectivity index (χ0n) is 17.3. The van der Waals surface area contributed by atoms with Gasteiger partial charge in [0.1, 0.15) is 12.4 Å². The van der Waals surface area contributed by atoms with Crippen LogP contribution in [0.3, 0.4) is 0 Å². The molecular formula is C21H29N7O2. The van der Waals surface area contributed by atoms with E-state index in [-0.39, 0.29) is 11.8 Å². The molecule has 0 radical (unpaired) electrons. The number of carbonyl (C=O) groups excluding carboxylic acids is 2. The van der Waals surface area contributed by atoms with Gasteiger partial charge in [0.2, 0.25) is 11.8 Å². The summed E-state index contributed by atoms with van der Waals surface area (Å²) in [7, 11) is 0. The number of amides is 2. The smallest absolute Gasteiger partial charge is 0.247 e. The minimum absolute atomic E-state index is 0.0267.